The van der Waals surface area contributed by atoms with Gasteiger partial charge in [0.25, 0.3) is 11.8 Å². The Bertz CT molecular complexity index is 727. The second-order valence-electron chi connectivity index (χ2n) is 5.88. The lowest BCUT2D eigenvalue weighted by Crippen LogP contribution is -2.41. The minimum Gasteiger partial charge on any atom is -0.351 e. The fraction of sp³-hybridized carbons (Fsp3) is 0.412. The number of nitrogens with one attached hydrogen (secondary N) is 1. The second kappa shape index (κ2) is 8.15. The molecule has 1 saturated heterocycles. The molecule has 2 aromatic rings. The zero-order valence-electron chi connectivity index (χ0n) is 14.0. The van der Waals surface area contributed by atoms with Gasteiger partial charge >= 0.3 is 0 Å². The molecule has 8 heteroatoms. The first kappa shape index (κ1) is 17.5. The first-order valence-electron chi connectivity index (χ1n) is 8.16. The number of hydrogen-bond donors (Lipinski definition) is 1. The lowest BCUT2D eigenvalue weighted by atomic mass is 9.96. The summed E-state index contributed by atoms with van der Waals surface area (Å²) in [6, 6.07) is 5.15. The van der Waals surface area contributed by atoms with Crippen molar-refractivity contribution >= 4 is 23.6 Å². The van der Waals surface area contributed by atoms with E-state index in [2.05, 4.69) is 15.5 Å². The molecule has 1 aliphatic rings. The van der Waals surface area contributed by atoms with Crippen molar-refractivity contribution in [2.24, 2.45) is 5.92 Å². The van der Waals surface area contributed by atoms with Crippen LogP contribution in [-0.2, 0) is 0 Å². The second-order valence-corrected chi connectivity index (χ2v) is 6.68. The average Bonchev–Trinajstić information content (AvgIpc) is 3.21. The van der Waals surface area contributed by atoms with Crippen LogP contribution >= 0.6 is 11.8 Å². The summed E-state index contributed by atoms with van der Waals surface area (Å²) < 4.78 is 4.83. The number of piperidine rings is 1. The molecule has 132 valence electrons. The first-order chi connectivity index (χ1) is 12.2. The number of amides is 2. The van der Waals surface area contributed by atoms with Crippen LogP contribution in [0, 0.1) is 5.92 Å². The number of carbonyl (C=O) groups is 2. The monoisotopic (exact) mass is 360 g/mol. The fourth-order valence-corrected chi connectivity index (χ4v) is 3.43. The standard InChI is InChI=1S/C17H20N4O3S/c1-25-16-13(3-2-7-18-16)17(23)21-9-5-12(6-10-21)11-19-15(22)14-4-8-20-24-14/h2-4,7-8,12H,5-6,9-11H2,1H3,(H,19,22). The van der Waals surface area contributed by atoms with Gasteiger partial charge in [-0.3, -0.25) is 9.59 Å². The predicted molar refractivity (Wildman–Crippen MR) is 93.5 cm³/mol. The third-order valence-corrected chi connectivity index (χ3v) is 5.02. The number of aromatic nitrogens is 2. The molecule has 1 N–H and O–H groups in total. The van der Waals surface area contributed by atoms with E-state index in [-0.39, 0.29) is 17.6 Å². The summed E-state index contributed by atoms with van der Waals surface area (Å²) in [7, 11) is 0. The molecule has 0 unspecified atom stereocenters. The molecule has 0 radical (unpaired) electrons. The van der Waals surface area contributed by atoms with E-state index in [9.17, 15) is 9.59 Å². The normalized spacial score (nSPS) is 15.2. The minimum absolute atomic E-state index is 0.0293. The van der Waals surface area contributed by atoms with Crippen molar-refractivity contribution in [2.45, 2.75) is 17.9 Å². The Morgan fingerprint density at radius 1 is 1.32 bits per heavy atom. The molecule has 7 nitrogen and oxygen atoms in total. The van der Waals surface area contributed by atoms with Crippen molar-refractivity contribution in [3.63, 3.8) is 0 Å². The highest BCUT2D eigenvalue weighted by molar-refractivity contribution is 7.98. The Labute approximate surface area is 150 Å². The number of nitrogens with zero attached hydrogens (tertiary/aromatic N) is 3. The van der Waals surface area contributed by atoms with E-state index >= 15 is 0 Å². The molecule has 0 aliphatic carbocycles. The van der Waals surface area contributed by atoms with Gasteiger partial charge in [0.1, 0.15) is 5.03 Å². The van der Waals surface area contributed by atoms with Crippen LogP contribution in [-0.4, -0.2) is 52.7 Å². The third-order valence-electron chi connectivity index (χ3n) is 4.31. The molecule has 25 heavy (non-hydrogen) atoms. The van der Waals surface area contributed by atoms with Crippen LogP contribution in [0.5, 0.6) is 0 Å². The van der Waals surface area contributed by atoms with E-state index in [1.165, 1.54) is 24.0 Å². The largest absolute Gasteiger partial charge is 0.351 e. The summed E-state index contributed by atoms with van der Waals surface area (Å²) in [6.07, 6.45) is 6.78. The zero-order chi connectivity index (χ0) is 17.6. The zero-order valence-corrected chi connectivity index (χ0v) is 14.8. The molecule has 0 atom stereocenters. The van der Waals surface area contributed by atoms with Crippen molar-refractivity contribution in [2.75, 3.05) is 25.9 Å². The molecule has 0 spiro atoms. The molecule has 0 aromatic carbocycles. The molecule has 0 saturated carbocycles. The van der Waals surface area contributed by atoms with Crippen molar-refractivity contribution in [1.82, 2.24) is 20.4 Å². The maximum absolute atomic E-state index is 12.7. The summed E-state index contributed by atoms with van der Waals surface area (Å²) in [6.45, 7) is 1.94. The van der Waals surface area contributed by atoms with Crippen LogP contribution in [0.3, 0.4) is 0 Å². The van der Waals surface area contributed by atoms with Gasteiger partial charge in [-0.2, -0.15) is 0 Å². The Hall–Kier alpha value is -2.35. The van der Waals surface area contributed by atoms with Crippen LogP contribution < -0.4 is 5.32 Å². The predicted octanol–water partition coefficient (Wildman–Crippen LogP) is 2.07. The Balaban J connectivity index is 1.50. The maximum Gasteiger partial charge on any atom is 0.289 e. The van der Waals surface area contributed by atoms with E-state index in [1.54, 1.807) is 12.3 Å². The smallest absolute Gasteiger partial charge is 0.289 e. The van der Waals surface area contributed by atoms with E-state index in [4.69, 9.17) is 4.52 Å². The molecular weight excluding hydrogens is 340 g/mol. The molecule has 2 aromatic heterocycles. The molecule has 0 bridgehead atoms. The molecular formula is C17H20N4O3S. The van der Waals surface area contributed by atoms with Crippen LogP contribution in [0.4, 0.5) is 0 Å². The first-order valence-corrected chi connectivity index (χ1v) is 9.38. The molecule has 2 amide bonds. The SMILES string of the molecule is CSc1ncccc1C(=O)N1CCC(CNC(=O)c2ccno2)CC1. The summed E-state index contributed by atoms with van der Waals surface area (Å²) in [5.74, 6) is 0.344. The highest BCUT2D eigenvalue weighted by Gasteiger charge is 2.25. The van der Waals surface area contributed by atoms with Gasteiger partial charge in [0.15, 0.2) is 0 Å². The van der Waals surface area contributed by atoms with Gasteiger partial charge in [-0.25, -0.2) is 4.98 Å². The van der Waals surface area contributed by atoms with Crippen molar-refractivity contribution in [1.29, 1.82) is 0 Å². The maximum atomic E-state index is 12.7. The van der Waals surface area contributed by atoms with Crippen molar-refractivity contribution in [3.8, 4) is 0 Å². The average molecular weight is 360 g/mol. The summed E-state index contributed by atoms with van der Waals surface area (Å²) in [5.41, 5.74) is 0.659. The number of likely N-dealkylation sites (tertiary alicyclic amines) is 1. The van der Waals surface area contributed by atoms with E-state index < -0.39 is 0 Å². The summed E-state index contributed by atoms with van der Waals surface area (Å²) >= 11 is 1.48. The molecule has 3 rings (SSSR count). The quantitative estimate of drug-likeness (QED) is 0.821. The number of hydrogen-bond acceptors (Lipinski definition) is 6. The van der Waals surface area contributed by atoms with Gasteiger partial charge in [0, 0.05) is 31.9 Å². The highest BCUT2D eigenvalue weighted by atomic mass is 32.2. The number of rotatable bonds is 5. The van der Waals surface area contributed by atoms with Crippen molar-refractivity contribution < 1.29 is 14.1 Å². The summed E-state index contributed by atoms with van der Waals surface area (Å²) in [5, 5.41) is 7.14. The van der Waals surface area contributed by atoms with E-state index in [0.29, 0.717) is 31.1 Å². The van der Waals surface area contributed by atoms with Gasteiger partial charge in [-0.05, 0) is 37.1 Å². The van der Waals surface area contributed by atoms with Gasteiger partial charge in [0.2, 0.25) is 5.76 Å². The third kappa shape index (κ3) is 4.19. The van der Waals surface area contributed by atoms with E-state index in [1.807, 2.05) is 17.2 Å². The lowest BCUT2D eigenvalue weighted by Gasteiger charge is -2.32. The van der Waals surface area contributed by atoms with Crippen LogP contribution in [0.1, 0.15) is 33.8 Å². The number of carbonyl (C=O) groups excluding carboxylic acids is 2. The Morgan fingerprint density at radius 3 is 2.80 bits per heavy atom. The van der Waals surface area contributed by atoms with Gasteiger partial charge in [-0.15, -0.1) is 11.8 Å². The molecule has 1 aliphatic heterocycles. The van der Waals surface area contributed by atoms with Gasteiger partial charge < -0.3 is 14.7 Å². The highest BCUT2D eigenvalue weighted by Crippen LogP contribution is 2.22. The van der Waals surface area contributed by atoms with Gasteiger partial charge in [-0.1, -0.05) is 5.16 Å². The summed E-state index contributed by atoms with van der Waals surface area (Å²) in [4.78, 5) is 30.7. The van der Waals surface area contributed by atoms with E-state index in [0.717, 1.165) is 17.9 Å². The lowest BCUT2D eigenvalue weighted by molar-refractivity contribution is 0.0679. The van der Waals surface area contributed by atoms with Crippen LogP contribution in [0.2, 0.25) is 0 Å². The van der Waals surface area contributed by atoms with Crippen molar-refractivity contribution in [3.05, 3.63) is 41.9 Å². The minimum atomic E-state index is -0.254. The topological polar surface area (TPSA) is 88.3 Å². The molecule has 1 fully saturated rings. The molecule has 3 heterocycles. The Kier molecular flexibility index (Phi) is 5.70. The fourth-order valence-electron chi connectivity index (χ4n) is 2.88. The van der Waals surface area contributed by atoms with Crippen LogP contribution in [0.25, 0.3) is 0 Å². The van der Waals surface area contributed by atoms with Crippen LogP contribution in [0.15, 0.2) is 40.1 Å². The number of pyridine rings is 1. The van der Waals surface area contributed by atoms with Gasteiger partial charge in [0.05, 0.1) is 11.8 Å². The number of thioether (sulfide) groups is 1. The Morgan fingerprint density at radius 2 is 2.12 bits per heavy atom.